The number of fused-ring (bicyclic) bond motifs is 1. The summed E-state index contributed by atoms with van der Waals surface area (Å²) in [6, 6.07) is 3.41. The van der Waals surface area contributed by atoms with Gasteiger partial charge < -0.3 is 9.84 Å². The molecule has 16 heavy (non-hydrogen) atoms. The number of rotatable bonds is 1. The molecule has 3 nitrogen and oxygen atoms in total. The van der Waals surface area contributed by atoms with E-state index < -0.39 is 5.60 Å². The van der Waals surface area contributed by atoms with Gasteiger partial charge in [0.15, 0.2) is 5.06 Å². The van der Waals surface area contributed by atoms with Crippen LogP contribution in [0.4, 0.5) is 0 Å². The van der Waals surface area contributed by atoms with Crippen LogP contribution in [-0.4, -0.2) is 16.7 Å². The van der Waals surface area contributed by atoms with Crippen LogP contribution in [0.25, 0.3) is 9.40 Å². The Bertz CT molecular complexity index is 499. The molecule has 0 aliphatic heterocycles. The Kier molecular flexibility index (Phi) is 2.67. The fourth-order valence-electron chi connectivity index (χ4n) is 1.26. The molecular weight excluding hydrogens is 244 g/mol. The van der Waals surface area contributed by atoms with Crippen molar-refractivity contribution in [1.82, 2.24) is 0 Å². The summed E-state index contributed by atoms with van der Waals surface area (Å²) in [4.78, 5) is 12.3. The highest BCUT2D eigenvalue weighted by atomic mass is 32.2. The lowest BCUT2D eigenvalue weighted by Gasteiger charge is -2.18. The molecule has 86 valence electrons. The molecule has 2 rings (SSSR count). The van der Waals surface area contributed by atoms with Crippen molar-refractivity contribution in [3.63, 3.8) is 0 Å². The van der Waals surface area contributed by atoms with Gasteiger partial charge in [-0.15, -0.1) is 11.3 Å². The summed E-state index contributed by atoms with van der Waals surface area (Å²) >= 11 is 2.63. The van der Waals surface area contributed by atoms with Crippen molar-refractivity contribution in [2.75, 3.05) is 0 Å². The van der Waals surface area contributed by atoms with E-state index in [9.17, 15) is 9.90 Å². The predicted molar refractivity (Wildman–Crippen MR) is 66.5 cm³/mol. The van der Waals surface area contributed by atoms with Gasteiger partial charge in [0, 0.05) is 11.5 Å². The summed E-state index contributed by atoms with van der Waals surface area (Å²) in [5.41, 5.74) is -0.476. The van der Waals surface area contributed by atoms with Gasteiger partial charge >= 0.3 is 5.97 Å². The van der Waals surface area contributed by atoms with Crippen LogP contribution < -0.4 is 0 Å². The van der Waals surface area contributed by atoms with E-state index in [4.69, 9.17) is 4.74 Å². The molecule has 0 fully saturated rings. The maximum atomic E-state index is 11.7. The van der Waals surface area contributed by atoms with Gasteiger partial charge in [0.2, 0.25) is 0 Å². The van der Waals surface area contributed by atoms with Crippen LogP contribution in [-0.2, 0) is 4.74 Å². The third-order valence-corrected chi connectivity index (χ3v) is 3.97. The van der Waals surface area contributed by atoms with E-state index >= 15 is 0 Å². The Morgan fingerprint density at radius 2 is 2.00 bits per heavy atom. The van der Waals surface area contributed by atoms with E-state index in [1.807, 2.05) is 20.8 Å². The van der Waals surface area contributed by atoms with Gasteiger partial charge in [-0.05, 0) is 26.8 Å². The minimum atomic E-state index is -0.476. The minimum absolute atomic E-state index is 0.275. The van der Waals surface area contributed by atoms with E-state index in [2.05, 4.69) is 0 Å². The van der Waals surface area contributed by atoms with Crippen molar-refractivity contribution < 1.29 is 14.6 Å². The number of hydrogen-bond donors (Lipinski definition) is 1. The van der Waals surface area contributed by atoms with E-state index in [1.165, 1.54) is 22.7 Å². The first-order valence-electron chi connectivity index (χ1n) is 4.81. The number of carbonyl (C=O) groups is 1. The lowest BCUT2D eigenvalue weighted by Crippen LogP contribution is -2.23. The summed E-state index contributed by atoms with van der Waals surface area (Å²) < 4.78 is 6.21. The van der Waals surface area contributed by atoms with Crippen LogP contribution in [0.1, 0.15) is 30.4 Å². The van der Waals surface area contributed by atoms with Gasteiger partial charge in [0.05, 0.1) is 4.01 Å². The number of thiophene rings is 2. The Labute approximate surface area is 101 Å². The maximum Gasteiger partial charge on any atom is 0.348 e. The molecule has 0 amide bonds. The van der Waals surface area contributed by atoms with Crippen LogP contribution in [0.2, 0.25) is 0 Å². The van der Waals surface area contributed by atoms with E-state index in [-0.39, 0.29) is 11.0 Å². The molecule has 0 bridgehead atoms. The van der Waals surface area contributed by atoms with Gasteiger partial charge in [-0.1, -0.05) is 11.3 Å². The molecule has 1 N–H and O–H groups in total. The highest BCUT2D eigenvalue weighted by molar-refractivity contribution is 7.39. The first-order valence-corrected chi connectivity index (χ1v) is 6.44. The third kappa shape index (κ3) is 2.36. The topological polar surface area (TPSA) is 46.5 Å². The predicted octanol–water partition coefficient (Wildman–Crippen LogP) is 3.62. The second-order valence-corrected chi connectivity index (χ2v) is 6.78. The van der Waals surface area contributed by atoms with Crippen molar-refractivity contribution in [2.24, 2.45) is 0 Å². The SMILES string of the molecule is CC(C)(C)OC(=O)c1cc2cc(O)sc2s1. The fraction of sp³-hybridized carbons (Fsp3) is 0.364. The molecule has 0 saturated heterocycles. The third-order valence-electron chi connectivity index (χ3n) is 1.80. The zero-order valence-corrected chi connectivity index (χ0v) is 10.9. The summed E-state index contributed by atoms with van der Waals surface area (Å²) in [6.07, 6.45) is 0. The quantitative estimate of drug-likeness (QED) is 0.793. The van der Waals surface area contributed by atoms with Crippen molar-refractivity contribution in [3.8, 4) is 5.06 Å². The smallest absolute Gasteiger partial charge is 0.348 e. The molecule has 0 aliphatic carbocycles. The van der Waals surface area contributed by atoms with Crippen LogP contribution in [0.5, 0.6) is 5.06 Å². The van der Waals surface area contributed by atoms with Crippen LogP contribution in [0.15, 0.2) is 12.1 Å². The van der Waals surface area contributed by atoms with E-state index in [0.29, 0.717) is 4.88 Å². The molecule has 2 aromatic heterocycles. The first kappa shape index (κ1) is 11.4. The lowest BCUT2D eigenvalue weighted by molar-refractivity contribution is 0.00753. The highest BCUT2D eigenvalue weighted by Crippen LogP contribution is 2.37. The molecule has 0 saturated carbocycles. The Balaban J connectivity index is 2.27. The Hall–Kier alpha value is -1.07. The molecule has 0 spiro atoms. The van der Waals surface area contributed by atoms with E-state index in [0.717, 1.165) is 9.40 Å². The monoisotopic (exact) mass is 256 g/mol. The van der Waals surface area contributed by atoms with Crippen LogP contribution >= 0.6 is 22.7 Å². The number of ether oxygens (including phenoxy) is 1. The van der Waals surface area contributed by atoms with Crippen molar-refractivity contribution in [3.05, 3.63) is 17.0 Å². The maximum absolute atomic E-state index is 11.7. The van der Waals surface area contributed by atoms with Gasteiger partial charge in [0.25, 0.3) is 0 Å². The molecular formula is C11H12O3S2. The molecule has 0 radical (unpaired) electrons. The summed E-state index contributed by atoms with van der Waals surface area (Å²) in [7, 11) is 0. The van der Waals surface area contributed by atoms with Crippen molar-refractivity contribution in [1.29, 1.82) is 0 Å². The normalized spacial score (nSPS) is 11.9. The molecule has 2 aromatic rings. The first-order chi connectivity index (χ1) is 7.35. The average molecular weight is 256 g/mol. The summed E-state index contributed by atoms with van der Waals surface area (Å²) in [6.45, 7) is 5.52. The molecule has 0 unspecified atom stereocenters. The molecule has 0 aromatic carbocycles. The lowest BCUT2D eigenvalue weighted by atomic mass is 10.2. The molecule has 5 heteroatoms. The molecule has 0 atom stereocenters. The average Bonchev–Trinajstić information content (AvgIpc) is 2.56. The highest BCUT2D eigenvalue weighted by Gasteiger charge is 2.20. The van der Waals surface area contributed by atoms with Crippen LogP contribution in [0.3, 0.4) is 0 Å². The summed E-state index contributed by atoms with van der Waals surface area (Å²) in [5, 5.41) is 10.4. The van der Waals surface area contributed by atoms with Gasteiger partial charge in [-0.2, -0.15) is 0 Å². The molecule has 0 aliphatic rings. The largest absolute Gasteiger partial charge is 0.499 e. The van der Waals surface area contributed by atoms with Gasteiger partial charge in [-0.3, -0.25) is 0 Å². The van der Waals surface area contributed by atoms with E-state index in [1.54, 1.807) is 12.1 Å². The Morgan fingerprint density at radius 3 is 2.56 bits per heavy atom. The Morgan fingerprint density at radius 1 is 1.31 bits per heavy atom. The number of carbonyl (C=O) groups excluding carboxylic acids is 1. The van der Waals surface area contributed by atoms with Gasteiger partial charge in [-0.25, -0.2) is 4.79 Å². The second kappa shape index (κ2) is 3.75. The standard InChI is InChI=1S/C11H12O3S2/c1-11(2,3)14-9(13)7-4-6-5-8(12)16-10(6)15-7/h4-5,12H,1-3H3. The second-order valence-electron chi connectivity index (χ2n) is 4.44. The summed E-state index contributed by atoms with van der Waals surface area (Å²) in [5.74, 6) is -0.305. The zero-order valence-electron chi connectivity index (χ0n) is 9.23. The fourth-order valence-corrected chi connectivity index (χ4v) is 3.31. The number of esters is 1. The number of aromatic hydroxyl groups is 1. The number of hydrogen-bond acceptors (Lipinski definition) is 5. The van der Waals surface area contributed by atoms with Crippen molar-refractivity contribution >= 4 is 38.0 Å². The zero-order chi connectivity index (χ0) is 11.9. The van der Waals surface area contributed by atoms with Crippen molar-refractivity contribution in [2.45, 2.75) is 26.4 Å². The molecule has 2 heterocycles. The van der Waals surface area contributed by atoms with Crippen LogP contribution in [0, 0.1) is 0 Å². The minimum Gasteiger partial charge on any atom is -0.499 e. The van der Waals surface area contributed by atoms with Gasteiger partial charge in [0.1, 0.15) is 10.5 Å².